The molecule has 0 aliphatic heterocycles. The fraction of sp³-hybridized carbons (Fsp3) is 0.174. The summed E-state index contributed by atoms with van der Waals surface area (Å²) >= 11 is 0. The third-order valence-electron chi connectivity index (χ3n) is 4.90. The second-order valence-corrected chi connectivity index (χ2v) is 6.73. The Balaban J connectivity index is 0.00000256. The molecule has 154 valence electrons. The molecule has 0 spiro atoms. The Morgan fingerprint density at radius 1 is 0.867 bits per heavy atom. The molecule has 0 bridgehead atoms. The van der Waals surface area contributed by atoms with E-state index in [2.05, 4.69) is 74.4 Å². The van der Waals surface area contributed by atoms with E-state index in [9.17, 15) is 0 Å². The summed E-state index contributed by atoms with van der Waals surface area (Å²) < 4.78 is 1.97. The van der Waals surface area contributed by atoms with Crippen LogP contribution in [0.3, 0.4) is 0 Å². The van der Waals surface area contributed by atoms with Gasteiger partial charge in [0.25, 0.3) is 0 Å². The number of nitrogens with one attached hydrogen (secondary N) is 2. The molecule has 0 fully saturated rings. The van der Waals surface area contributed by atoms with Crippen LogP contribution in [-0.4, -0.2) is 34.2 Å². The van der Waals surface area contributed by atoms with Gasteiger partial charge in [-0.3, -0.25) is 9.39 Å². The van der Waals surface area contributed by atoms with Crippen LogP contribution in [0.2, 0.25) is 0 Å². The molecule has 4 rings (SSSR count). The lowest BCUT2D eigenvalue weighted by molar-refractivity contribution is 0.716. The second kappa shape index (κ2) is 10.7. The number of fused-ring (bicyclic) bond motifs is 1. The molecule has 0 saturated carbocycles. The first-order valence-electron chi connectivity index (χ1n) is 9.68. The molecule has 0 radical (unpaired) electrons. The number of nitrogens with zero attached hydrogens (tertiary/aromatic N) is 4. The number of hydrogen-bond donors (Lipinski definition) is 2. The normalized spacial score (nSPS) is 11.3. The summed E-state index contributed by atoms with van der Waals surface area (Å²) in [6.07, 6.45) is 1.96. The molecule has 0 amide bonds. The molecular weight excluding hydrogens is 487 g/mol. The van der Waals surface area contributed by atoms with Gasteiger partial charge in [-0.05, 0) is 23.3 Å². The van der Waals surface area contributed by atoms with Gasteiger partial charge in [-0.1, -0.05) is 66.7 Å². The Hall–Kier alpha value is -2.94. The van der Waals surface area contributed by atoms with Crippen LogP contribution in [0.25, 0.3) is 5.65 Å². The van der Waals surface area contributed by atoms with Crippen molar-refractivity contribution in [3.05, 3.63) is 102 Å². The van der Waals surface area contributed by atoms with Gasteiger partial charge in [0.2, 0.25) is 0 Å². The highest BCUT2D eigenvalue weighted by Crippen LogP contribution is 2.23. The zero-order chi connectivity index (χ0) is 19.9. The first-order chi connectivity index (χ1) is 14.3. The molecule has 4 aromatic rings. The molecule has 0 atom stereocenters. The van der Waals surface area contributed by atoms with Crippen molar-refractivity contribution in [3.8, 4) is 0 Å². The maximum atomic E-state index is 4.36. The lowest BCUT2D eigenvalue weighted by Gasteiger charge is -2.20. The second-order valence-electron chi connectivity index (χ2n) is 6.73. The van der Waals surface area contributed by atoms with E-state index in [0.717, 1.165) is 24.0 Å². The van der Waals surface area contributed by atoms with Gasteiger partial charge in [-0.15, -0.1) is 34.2 Å². The SMILES string of the molecule is CN=C(NCc1nnc2ccccn12)NCC(c1ccccc1)c1ccccc1.I. The minimum absolute atomic E-state index is 0. The minimum atomic E-state index is 0. The molecule has 0 aliphatic rings. The first-order valence-corrected chi connectivity index (χ1v) is 9.68. The molecule has 2 heterocycles. The lowest BCUT2D eigenvalue weighted by Crippen LogP contribution is -2.39. The fourth-order valence-electron chi connectivity index (χ4n) is 3.39. The number of guanidine groups is 1. The summed E-state index contributed by atoms with van der Waals surface area (Å²) in [4.78, 5) is 4.36. The summed E-state index contributed by atoms with van der Waals surface area (Å²) in [5, 5.41) is 15.2. The predicted octanol–water partition coefficient (Wildman–Crippen LogP) is 3.84. The van der Waals surface area contributed by atoms with Gasteiger partial charge in [0.1, 0.15) is 0 Å². The van der Waals surface area contributed by atoms with Crippen LogP contribution in [0.15, 0.2) is 90.1 Å². The van der Waals surface area contributed by atoms with Gasteiger partial charge in [0.15, 0.2) is 17.4 Å². The molecule has 2 N–H and O–H groups in total. The van der Waals surface area contributed by atoms with Crippen molar-refractivity contribution < 1.29 is 0 Å². The first kappa shape index (κ1) is 21.8. The summed E-state index contributed by atoms with van der Waals surface area (Å²) in [5.74, 6) is 1.80. The summed E-state index contributed by atoms with van der Waals surface area (Å²) in [5.41, 5.74) is 3.37. The standard InChI is InChI=1S/C23H24N6.HI/c1-24-23(26-17-22-28-27-21-14-8-9-15-29(21)22)25-16-20(18-10-4-2-5-11-18)19-12-6-3-7-13-19;/h2-15,20H,16-17H2,1H3,(H2,24,25,26);1H. The molecule has 7 heteroatoms. The van der Waals surface area contributed by atoms with E-state index in [4.69, 9.17) is 0 Å². The lowest BCUT2D eigenvalue weighted by atomic mass is 9.91. The van der Waals surface area contributed by atoms with Crippen molar-refractivity contribution in [1.82, 2.24) is 25.2 Å². The van der Waals surface area contributed by atoms with Crippen molar-refractivity contribution >= 4 is 35.6 Å². The fourth-order valence-corrected chi connectivity index (χ4v) is 3.39. The van der Waals surface area contributed by atoms with Crippen LogP contribution in [0.5, 0.6) is 0 Å². The highest BCUT2D eigenvalue weighted by molar-refractivity contribution is 14.0. The third-order valence-corrected chi connectivity index (χ3v) is 4.90. The molecule has 0 unspecified atom stereocenters. The van der Waals surface area contributed by atoms with Crippen LogP contribution < -0.4 is 10.6 Å². The number of aromatic nitrogens is 3. The zero-order valence-electron chi connectivity index (χ0n) is 16.8. The highest BCUT2D eigenvalue weighted by atomic mass is 127. The van der Waals surface area contributed by atoms with Crippen molar-refractivity contribution in [2.75, 3.05) is 13.6 Å². The van der Waals surface area contributed by atoms with Crippen molar-refractivity contribution in [1.29, 1.82) is 0 Å². The Labute approximate surface area is 193 Å². The van der Waals surface area contributed by atoms with Gasteiger partial charge in [-0.2, -0.15) is 0 Å². The number of pyridine rings is 1. The van der Waals surface area contributed by atoms with Gasteiger partial charge < -0.3 is 10.6 Å². The number of halogens is 1. The van der Waals surface area contributed by atoms with E-state index >= 15 is 0 Å². The number of rotatable bonds is 6. The Morgan fingerprint density at radius 2 is 1.50 bits per heavy atom. The number of benzene rings is 2. The van der Waals surface area contributed by atoms with Gasteiger partial charge in [-0.25, -0.2) is 0 Å². The maximum Gasteiger partial charge on any atom is 0.191 e. The van der Waals surface area contributed by atoms with Gasteiger partial charge >= 0.3 is 0 Å². The molecule has 0 saturated heterocycles. The molecule has 30 heavy (non-hydrogen) atoms. The zero-order valence-corrected chi connectivity index (χ0v) is 19.1. The third kappa shape index (κ3) is 5.15. The monoisotopic (exact) mass is 512 g/mol. The van der Waals surface area contributed by atoms with Crippen LogP contribution in [-0.2, 0) is 6.54 Å². The Morgan fingerprint density at radius 3 is 2.13 bits per heavy atom. The summed E-state index contributed by atoms with van der Waals surface area (Å²) in [6.45, 7) is 1.26. The van der Waals surface area contributed by atoms with Crippen molar-refractivity contribution in [3.63, 3.8) is 0 Å². The van der Waals surface area contributed by atoms with Gasteiger partial charge in [0.05, 0.1) is 6.54 Å². The molecule has 6 nitrogen and oxygen atoms in total. The molecule has 0 aliphatic carbocycles. The number of aliphatic imine (C=N–C) groups is 1. The quantitative estimate of drug-likeness (QED) is 0.234. The molecule has 2 aromatic heterocycles. The van der Waals surface area contributed by atoms with E-state index in [0.29, 0.717) is 6.54 Å². The van der Waals surface area contributed by atoms with Crippen LogP contribution in [0.1, 0.15) is 22.9 Å². The van der Waals surface area contributed by atoms with Crippen LogP contribution in [0.4, 0.5) is 0 Å². The topological polar surface area (TPSA) is 66.6 Å². The van der Waals surface area contributed by atoms with Crippen LogP contribution >= 0.6 is 24.0 Å². The predicted molar refractivity (Wildman–Crippen MR) is 131 cm³/mol. The van der Waals surface area contributed by atoms with E-state index in [1.807, 2.05) is 40.9 Å². The summed E-state index contributed by atoms with van der Waals surface area (Å²) in [6, 6.07) is 26.9. The molecular formula is C23H25IN6. The van der Waals surface area contributed by atoms with Crippen LogP contribution in [0, 0.1) is 0 Å². The van der Waals surface area contributed by atoms with Crippen molar-refractivity contribution in [2.45, 2.75) is 12.5 Å². The van der Waals surface area contributed by atoms with E-state index < -0.39 is 0 Å². The van der Waals surface area contributed by atoms with Gasteiger partial charge in [0, 0.05) is 25.7 Å². The number of hydrogen-bond acceptors (Lipinski definition) is 3. The van der Waals surface area contributed by atoms with E-state index in [1.165, 1.54) is 11.1 Å². The van der Waals surface area contributed by atoms with E-state index in [-0.39, 0.29) is 29.9 Å². The Kier molecular flexibility index (Phi) is 7.78. The highest BCUT2D eigenvalue weighted by Gasteiger charge is 2.14. The Bertz CT molecular complexity index is 1040. The summed E-state index contributed by atoms with van der Waals surface area (Å²) in [7, 11) is 1.78. The average molecular weight is 512 g/mol. The minimum Gasteiger partial charge on any atom is -0.355 e. The maximum absolute atomic E-state index is 4.36. The average Bonchev–Trinajstić information content (AvgIpc) is 3.21. The molecule has 2 aromatic carbocycles. The van der Waals surface area contributed by atoms with Crippen molar-refractivity contribution in [2.24, 2.45) is 4.99 Å². The smallest absolute Gasteiger partial charge is 0.191 e. The largest absolute Gasteiger partial charge is 0.355 e. The van der Waals surface area contributed by atoms with E-state index in [1.54, 1.807) is 7.05 Å².